The lowest BCUT2D eigenvalue weighted by Crippen LogP contribution is -2.34. The summed E-state index contributed by atoms with van der Waals surface area (Å²) in [5.74, 6) is 0. The van der Waals surface area contributed by atoms with Gasteiger partial charge in [0.05, 0.1) is 14.4 Å². The molecule has 1 saturated heterocycles. The zero-order valence-electron chi connectivity index (χ0n) is 10.2. The topological polar surface area (TPSA) is 241 Å². The second-order valence-electron chi connectivity index (χ2n) is 3.85. The van der Waals surface area contributed by atoms with Gasteiger partial charge in [0, 0.05) is 0 Å². The van der Waals surface area contributed by atoms with E-state index in [9.17, 15) is 38.4 Å². The summed E-state index contributed by atoms with van der Waals surface area (Å²) in [6.07, 6.45) is -6.92. The molecule has 6 atom stereocenters. The van der Waals surface area contributed by atoms with E-state index in [2.05, 4.69) is 17.9 Å². The first kappa shape index (κ1) is 20.3. The minimum Gasteiger partial charge on any atom is -0.790 e. The fraction of sp³-hybridized carbons (Fsp3) is 1.00. The quantitative estimate of drug-likeness (QED) is 0.348. The number of hydrogen-bond acceptors (Lipinski definition) is 14. The van der Waals surface area contributed by atoms with E-state index in [1.807, 2.05) is 0 Å². The van der Waals surface area contributed by atoms with E-state index in [0.717, 1.165) is 0 Å². The normalized spacial score (nSPS) is 35.0. The summed E-state index contributed by atoms with van der Waals surface area (Å²) in [5.41, 5.74) is 0. The first-order valence-corrected chi connectivity index (χ1v) is 9.52. The highest BCUT2D eigenvalue weighted by atomic mass is 31.3. The maximum Gasteiger partial charge on any atom is 0.278 e. The molecule has 0 aromatic heterocycles. The van der Waals surface area contributed by atoms with Gasteiger partial charge in [-0.05, 0) is 0 Å². The molecule has 0 bridgehead atoms. The molecule has 0 amide bonds. The standard InChI is InChI=1S/C5H13O14P3/c6-3-2(17-5(8)4(3)7)1-16-21(12,13)19-22(14,15)18-20(9,10)11/h2-8H,1H2,(H,12,13)(H,14,15)(H2,9,10,11)/p-4/t2-,3-,4-,5?/m1/s1. The lowest BCUT2D eigenvalue weighted by molar-refractivity contribution is -0.339. The zero-order chi connectivity index (χ0) is 17.3. The Morgan fingerprint density at radius 1 is 0.909 bits per heavy atom. The molecule has 1 aliphatic heterocycles. The molecular weight excluding hydrogens is 377 g/mol. The monoisotopic (exact) mass is 386 g/mol. The van der Waals surface area contributed by atoms with Gasteiger partial charge in [-0.2, -0.15) is 0 Å². The molecule has 0 radical (unpaired) electrons. The second-order valence-corrected chi connectivity index (χ2v) is 8.09. The molecule has 0 aromatic carbocycles. The Bertz CT molecular complexity index is 527. The second kappa shape index (κ2) is 7.01. The van der Waals surface area contributed by atoms with Crippen molar-refractivity contribution in [1.29, 1.82) is 0 Å². The molecule has 0 spiro atoms. The van der Waals surface area contributed by atoms with E-state index >= 15 is 0 Å². The molecule has 0 aromatic rings. The van der Waals surface area contributed by atoms with Crippen molar-refractivity contribution in [3.05, 3.63) is 0 Å². The number of rotatable bonds is 7. The molecule has 3 unspecified atom stereocenters. The van der Waals surface area contributed by atoms with Crippen molar-refractivity contribution < 1.29 is 66.5 Å². The lowest BCUT2D eigenvalue weighted by Gasteiger charge is -2.37. The number of aliphatic hydroxyl groups excluding tert-OH is 3. The predicted molar refractivity (Wildman–Crippen MR) is 53.8 cm³/mol. The Kier molecular flexibility index (Phi) is 6.47. The lowest BCUT2D eigenvalue weighted by atomic mass is 10.1. The maximum atomic E-state index is 11.1. The van der Waals surface area contributed by atoms with E-state index in [4.69, 9.17) is 10.2 Å². The molecule has 0 saturated carbocycles. The number of ether oxygens (including phenoxy) is 1. The smallest absolute Gasteiger partial charge is 0.278 e. The van der Waals surface area contributed by atoms with Crippen molar-refractivity contribution >= 4 is 23.5 Å². The van der Waals surface area contributed by atoms with Crippen LogP contribution in [0.25, 0.3) is 0 Å². The Hall–Kier alpha value is 0.250. The van der Waals surface area contributed by atoms with Crippen molar-refractivity contribution in [3.63, 3.8) is 0 Å². The molecular formula is C5H9O14P3-4. The van der Waals surface area contributed by atoms with Gasteiger partial charge in [-0.15, -0.1) is 0 Å². The van der Waals surface area contributed by atoms with Gasteiger partial charge in [-0.1, -0.05) is 0 Å². The summed E-state index contributed by atoms with van der Waals surface area (Å²) < 4.78 is 46.6. The van der Waals surface area contributed by atoms with Gasteiger partial charge in [-0.25, -0.2) is 4.31 Å². The predicted octanol–water partition coefficient (Wildman–Crippen LogP) is -4.76. The van der Waals surface area contributed by atoms with Gasteiger partial charge in [0.25, 0.3) is 15.6 Å². The molecule has 1 aliphatic rings. The van der Waals surface area contributed by atoms with Crippen LogP contribution >= 0.6 is 23.5 Å². The van der Waals surface area contributed by atoms with Crippen molar-refractivity contribution in [2.75, 3.05) is 6.61 Å². The Labute approximate surface area is 122 Å². The maximum absolute atomic E-state index is 11.1. The third kappa shape index (κ3) is 6.40. The molecule has 0 aliphatic carbocycles. The summed E-state index contributed by atoms with van der Waals surface area (Å²) in [4.78, 5) is 42.1. The van der Waals surface area contributed by atoms with Crippen LogP contribution in [0.4, 0.5) is 0 Å². The molecule has 3 N–H and O–H groups in total. The molecule has 22 heavy (non-hydrogen) atoms. The van der Waals surface area contributed by atoms with Crippen molar-refractivity contribution in [1.82, 2.24) is 0 Å². The van der Waals surface area contributed by atoms with Crippen molar-refractivity contribution in [2.24, 2.45) is 0 Å². The molecule has 132 valence electrons. The Balaban J connectivity index is 2.60. The van der Waals surface area contributed by atoms with Crippen LogP contribution in [0.5, 0.6) is 0 Å². The highest BCUT2D eigenvalue weighted by molar-refractivity contribution is 7.64. The van der Waals surface area contributed by atoms with Crippen LogP contribution in [0.3, 0.4) is 0 Å². The molecule has 17 heteroatoms. The largest absolute Gasteiger partial charge is 0.790 e. The van der Waals surface area contributed by atoms with Gasteiger partial charge in [0.1, 0.15) is 18.3 Å². The number of phosphoric ester groups is 1. The van der Waals surface area contributed by atoms with Gasteiger partial charge in [0.15, 0.2) is 6.29 Å². The first-order valence-electron chi connectivity index (χ1n) is 5.13. The number of phosphoric acid groups is 3. The van der Waals surface area contributed by atoms with E-state index in [0.29, 0.717) is 0 Å². The van der Waals surface area contributed by atoms with Gasteiger partial charge >= 0.3 is 0 Å². The van der Waals surface area contributed by atoms with Crippen molar-refractivity contribution in [2.45, 2.75) is 24.6 Å². The summed E-state index contributed by atoms with van der Waals surface area (Å²) in [7, 11) is -17.9. The van der Waals surface area contributed by atoms with Gasteiger partial charge < -0.3 is 48.7 Å². The van der Waals surface area contributed by atoms with Crippen LogP contribution in [0.1, 0.15) is 0 Å². The average molecular weight is 386 g/mol. The van der Waals surface area contributed by atoms with Gasteiger partial charge in [-0.3, -0.25) is 13.4 Å². The fourth-order valence-electron chi connectivity index (χ4n) is 1.31. The zero-order valence-corrected chi connectivity index (χ0v) is 12.9. The SMILES string of the molecule is O=P([O-])([O-])OP(=O)([O-])OP(=O)([O-])OC[C@H]1OC(O)[C@H](O)[C@@H]1O. The summed E-state index contributed by atoms with van der Waals surface area (Å²) in [6.45, 7) is -1.09. The van der Waals surface area contributed by atoms with Crippen LogP contribution in [0.2, 0.25) is 0 Å². The number of aliphatic hydroxyl groups is 3. The van der Waals surface area contributed by atoms with Crippen LogP contribution in [0, 0.1) is 0 Å². The minimum absolute atomic E-state index is 1.09. The van der Waals surface area contributed by atoms with E-state index in [1.165, 1.54) is 0 Å². The molecule has 14 nitrogen and oxygen atoms in total. The van der Waals surface area contributed by atoms with Crippen LogP contribution in [-0.4, -0.2) is 46.5 Å². The summed E-state index contributed by atoms with van der Waals surface area (Å²) >= 11 is 0. The Morgan fingerprint density at radius 3 is 1.86 bits per heavy atom. The third-order valence-corrected chi connectivity index (χ3v) is 5.80. The molecule has 1 rings (SSSR count). The first-order chi connectivity index (χ1) is 9.72. The van der Waals surface area contributed by atoms with Crippen LogP contribution in [-0.2, 0) is 31.6 Å². The summed E-state index contributed by atoms with van der Waals surface area (Å²) in [5, 5.41) is 27.4. The fourth-order valence-corrected chi connectivity index (χ4v) is 4.18. The van der Waals surface area contributed by atoms with E-state index < -0.39 is 54.7 Å². The van der Waals surface area contributed by atoms with E-state index in [-0.39, 0.29) is 0 Å². The van der Waals surface area contributed by atoms with E-state index in [1.54, 1.807) is 0 Å². The Morgan fingerprint density at radius 2 is 1.45 bits per heavy atom. The highest BCUT2D eigenvalue weighted by Crippen LogP contribution is 2.60. The van der Waals surface area contributed by atoms with Crippen LogP contribution < -0.4 is 19.6 Å². The van der Waals surface area contributed by atoms with Gasteiger partial charge in [0.2, 0.25) is 0 Å². The number of hydrogen-bond donors (Lipinski definition) is 3. The summed E-state index contributed by atoms with van der Waals surface area (Å²) in [6, 6.07) is 0. The average Bonchev–Trinajstić information content (AvgIpc) is 2.49. The minimum atomic E-state index is -6.09. The molecule has 1 fully saturated rings. The third-order valence-electron chi connectivity index (χ3n) is 2.13. The van der Waals surface area contributed by atoms with Crippen molar-refractivity contribution in [3.8, 4) is 0 Å². The van der Waals surface area contributed by atoms with Crippen LogP contribution in [0.15, 0.2) is 0 Å². The molecule has 1 heterocycles. The highest BCUT2D eigenvalue weighted by Gasteiger charge is 2.42.